The Balaban J connectivity index is 1.94. The van der Waals surface area contributed by atoms with Crippen molar-refractivity contribution in [2.45, 2.75) is 31.8 Å². The molecule has 0 aromatic heterocycles. The van der Waals surface area contributed by atoms with Crippen LogP contribution >= 0.6 is 15.9 Å². The molecule has 2 rings (SSSR count). The van der Waals surface area contributed by atoms with Gasteiger partial charge in [-0.25, -0.2) is 0 Å². The van der Waals surface area contributed by atoms with Crippen LogP contribution in [0, 0.1) is 0 Å². The van der Waals surface area contributed by atoms with Crippen LogP contribution in [-0.2, 0) is 11.3 Å². The van der Waals surface area contributed by atoms with Gasteiger partial charge < -0.3 is 9.84 Å². The highest BCUT2D eigenvalue weighted by Crippen LogP contribution is 2.25. The number of rotatable bonds is 6. The van der Waals surface area contributed by atoms with Crippen LogP contribution in [0.5, 0.6) is 5.75 Å². The molecule has 5 nitrogen and oxygen atoms in total. The number of ether oxygens (including phenoxy) is 1. The molecule has 0 bridgehead atoms. The van der Waals surface area contributed by atoms with Crippen molar-refractivity contribution in [3.05, 3.63) is 28.2 Å². The van der Waals surface area contributed by atoms with E-state index < -0.39 is 5.97 Å². The van der Waals surface area contributed by atoms with Crippen LogP contribution in [0.3, 0.4) is 0 Å². The molecule has 1 N–H and O–H groups in total. The van der Waals surface area contributed by atoms with Crippen LogP contribution in [0.2, 0.25) is 0 Å². The fourth-order valence-electron chi connectivity index (χ4n) is 3.12. The predicted molar refractivity (Wildman–Crippen MR) is 93.9 cm³/mol. The molecule has 0 radical (unpaired) electrons. The van der Waals surface area contributed by atoms with Gasteiger partial charge in [-0.1, -0.05) is 15.9 Å². The number of benzene rings is 1. The maximum atomic E-state index is 10.9. The molecule has 1 aliphatic rings. The second-order valence-corrected chi connectivity index (χ2v) is 6.98. The predicted octanol–water partition coefficient (Wildman–Crippen LogP) is 2.83. The molecule has 128 valence electrons. The number of methoxy groups -OCH3 is 1. The van der Waals surface area contributed by atoms with Gasteiger partial charge in [-0.2, -0.15) is 0 Å². The van der Waals surface area contributed by atoms with E-state index in [1.807, 2.05) is 24.1 Å². The van der Waals surface area contributed by atoms with Gasteiger partial charge in [0.15, 0.2) is 0 Å². The third-order valence-corrected chi connectivity index (χ3v) is 5.22. The molecule has 23 heavy (non-hydrogen) atoms. The van der Waals surface area contributed by atoms with Crippen molar-refractivity contribution in [1.29, 1.82) is 0 Å². The maximum absolute atomic E-state index is 10.9. The highest BCUT2D eigenvalue weighted by Gasteiger charge is 2.22. The highest BCUT2D eigenvalue weighted by atomic mass is 79.9. The number of nitrogens with zero attached hydrogens (tertiary/aromatic N) is 2. The molecule has 1 aliphatic heterocycles. The number of carbonyl (C=O) groups is 1. The minimum absolute atomic E-state index is 0.117. The first-order valence-corrected chi connectivity index (χ1v) is 8.75. The highest BCUT2D eigenvalue weighted by molar-refractivity contribution is 9.10. The summed E-state index contributed by atoms with van der Waals surface area (Å²) in [6.07, 6.45) is 3.15. The molecule has 1 atom stereocenters. The largest absolute Gasteiger partial charge is 0.497 e. The standard InChI is InChI=1S/C17H25BrN2O3/c1-19(12-17(21)22)14-4-3-8-20(9-7-14)11-13-10-15(23-2)5-6-16(13)18/h5-6,10,14H,3-4,7-9,11-12H2,1-2H3,(H,21,22). The lowest BCUT2D eigenvalue weighted by atomic mass is 10.1. The summed E-state index contributed by atoms with van der Waals surface area (Å²) in [6.45, 7) is 3.03. The summed E-state index contributed by atoms with van der Waals surface area (Å²) in [5, 5.41) is 8.94. The normalized spacial score (nSPS) is 19.6. The number of likely N-dealkylation sites (N-methyl/N-ethyl adjacent to an activating group) is 1. The van der Waals surface area contributed by atoms with Crippen molar-refractivity contribution in [3.8, 4) is 5.75 Å². The lowest BCUT2D eigenvalue weighted by Gasteiger charge is -2.25. The van der Waals surface area contributed by atoms with E-state index >= 15 is 0 Å². The monoisotopic (exact) mass is 384 g/mol. The maximum Gasteiger partial charge on any atom is 0.317 e. The molecular weight excluding hydrogens is 360 g/mol. The van der Waals surface area contributed by atoms with Gasteiger partial charge in [-0.15, -0.1) is 0 Å². The van der Waals surface area contributed by atoms with Gasteiger partial charge >= 0.3 is 5.97 Å². The lowest BCUT2D eigenvalue weighted by molar-refractivity contribution is -0.138. The second kappa shape index (κ2) is 8.66. The van der Waals surface area contributed by atoms with Crippen molar-refractivity contribution in [3.63, 3.8) is 0 Å². The number of carboxylic acids is 1. The van der Waals surface area contributed by atoms with Crippen LogP contribution in [0.1, 0.15) is 24.8 Å². The molecule has 0 saturated carbocycles. The van der Waals surface area contributed by atoms with Gasteiger partial charge in [-0.3, -0.25) is 14.6 Å². The van der Waals surface area contributed by atoms with E-state index in [0.29, 0.717) is 6.04 Å². The summed E-state index contributed by atoms with van der Waals surface area (Å²) in [5.41, 5.74) is 1.22. The topological polar surface area (TPSA) is 53.0 Å². The quantitative estimate of drug-likeness (QED) is 0.816. The molecule has 0 aliphatic carbocycles. The zero-order valence-corrected chi connectivity index (χ0v) is 15.4. The van der Waals surface area contributed by atoms with Crippen molar-refractivity contribution < 1.29 is 14.6 Å². The Morgan fingerprint density at radius 2 is 2.22 bits per heavy atom. The van der Waals surface area contributed by atoms with Crippen LogP contribution in [0.25, 0.3) is 0 Å². The van der Waals surface area contributed by atoms with Crippen LogP contribution in [0.4, 0.5) is 0 Å². The van der Waals surface area contributed by atoms with Gasteiger partial charge in [0.1, 0.15) is 5.75 Å². The molecule has 1 aromatic rings. The minimum Gasteiger partial charge on any atom is -0.497 e. The van der Waals surface area contributed by atoms with Crippen molar-refractivity contribution in [2.24, 2.45) is 0 Å². The average Bonchev–Trinajstić information content (AvgIpc) is 2.74. The van der Waals surface area contributed by atoms with Gasteiger partial charge in [0, 0.05) is 17.1 Å². The number of carboxylic acid groups (broad SMARTS) is 1. The summed E-state index contributed by atoms with van der Waals surface area (Å²) in [7, 11) is 3.59. The number of aliphatic carboxylic acids is 1. The van der Waals surface area contributed by atoms with E-state index in [-0.39, 0.29) is 6.54 Å². The molecule has 1 saturated heterocycles. The van der Waals surface area contributed by atoms with Gasteiger partial charge in [0.2, 0.25) is 0 Å². The van der Waals surface area contributed by atoms with E-state index in [0.717, 1.165) is 49.1 Å². The van der Waals surface area contributed by atoms with Crippen molar-refractivity contribution in [2.75, 3.05) is 33.8 Å². The summed E-state index contributed by atoms with van der Waals surface area (Å²) in [5.74, 6) is 0.117. The Bertz CT molecular complexity index is 539. The average molecular weight is 385 g/mol. The fourth-order valence-corrected chi connectivity index (χ4v) is 3.49. The Morgan fingerprint density at radius 3 is 2.91 bits per heavy atom. The molecule has 1 unspecified atom stereocenters. The fraction of sp³-hybridized carbons (Fsp3) is 0.588. The summed E-state index contributed by atoms with van der Waals surface area (Å²) in [4.78, 5) is 15.3. The molecule has 6 heteroatoms. The first-order chi connectivity index (χ1) is 11.0. The number of hydrogen-bond acceptors (Lipinski definition) is 4. The van der Waals surface area contributed by atoms with Crippen LogP contribution in [0.15, 0.2) is 22.7 Å². The van der Waals surface area contributed by atoms with Gasteiger partial charge in [0.25, 0.3) is 0 Å². The van der Waals surface area contributed by atoms with E-state index in [1.54, 1.807) is 7.11 Å². The molecule has 0 amide bonds. The summed E-state index contributed by atoms with van der Waals surface area (Å²) >= 11 is 3.61. The zero-order chi connectivity index (χ0) is 16.8. The van der Waals surface area contributed by atoms with E-state index in [9.17, 15) is 4.79 Å². The molecule has 1 aromatic carbocycles. The van der Waals surface area contributed by atoms with Crippen molar-refractivity contribution in [1.82, 2.24) is 9.80 Å². The molecule has 0 spiro atoms. The Kier molecular flexibility index (Phi) is 6.87. The smallest absolute Gasteiger partial charge is 0.317 e. The van der Waals surface area contributed by atoms with E-state index in [2.05, 4.69) is 26.9 Å². The molecule has 1 heterocycles. The van der Waals surface area contributed by atoms with Crippen LogP contribution < -0.4 is 4.74 Å². The minimum atomic E-state index is -0.756. The SMILES string of the molecule is COc1ccc(Br)c(CN2CCCC(N(C)CC(=O)O)CC2)c1. The first kappa shape index (κ1) is 18.2. The van der Waals surface area contributed by atoms with Crippen LogP contribution in [-0.4, -0.2) is 60.7 Å². The Morgan fingerprint density at radius 1 is 1.43 bits per heavy atom. The summed E-state index contributed by atoms with van der Waals surface area (Å²) in [6, 6.07) is 6.40. The third-order valence-electron chi connectivity index (χ3n) is 4.45. The molecular formula is C17H25BrN2O3. The Hall–Kier alpha value is -1.11. The van der Waals surface area contributed by atoms with E-state index in [1.165, 1.54) is 5.56 Å². The van der Waals surface area contributed by atoms with Crippen molar-refractivity contribution >= 4 is 21.9 Å². The third kappa shape index (κ3) is 5.48. The second-order valence-electron chi connectivity index (χ2n) is 6.13. The Labute approximate surface area is 146 Å². The summed E-state index contributed by atoms with van der Waals surface area (Å²) < 4.78 is 6.41. The number of hydrogen-bond donors (Lipinski definition) is 1. The molecule has 1 fully saturated rings. The lowest BCUT2D eigenvalue weighted by Crippen LogP contribution is -2.36. The number of halogens is 1. The zero-order valence-electron chi connectivity index (χ0n) is 13.8. The first-order valence-electron chi connectivity index (χ1n) is 7.96. The van der Waals surface area contributed by atoms with Gasteiger partial charge in [-0.05, 0) is 63.2 Å². The van der Waals surface area contributed by atoms with E-state index in [4.69, 9.17) is 9.84 Å². The van der Waals surface area contributed by atoms with Gasteiger partial charge in [0.05, 0.1) is 13.7 Å². The number of likely N-dealkylation sites (tertiary alicyclic amines) is 1.